The molecule has 0 unspecified atom stereocenters. The molecule has 2 rings (SSSR count). The van der Waals surface area contributed by atoms with E-state index in [2.05, 4.69) is 5.10 Å². The first-order chi connectivity index (χ1) is 8.00. The Morgan fingerprint density at radius 2 is 2.24 bits per heavy atom. The molecule has 1 aromatic heterocycles. The predicted molar refractivity (Wildman–Crippen MR) is 61.4 cm³/mol. The van der Waals surface area contributed by atoms with E-state index in [1.165, 1.54) is 6.07 Å². The van der Waals surface area contributed by atoms with Crippen LogP contribution in [0.25, 0.3) is 10.9 Å². The number of aliphatic carboxylic acids is 1. The summed E-state index contributed by atoms with van der Waals surface area (Å²) in [5.41, 5.74) is 0.913. The minimum absolute atomic E-state index is 0.00356. The average molecular weight is 236 g/mol. The van der Waals surface area contributed by atoms with E-state index >= 15 is 0 Å². The molecule has 4 nitrogen and oxygen atoms in total. The molecule has 5 heteroatoms. The highest BCUT2D eigenvalue weighted by molar-refractivity contribution is 5.85. The number of rotatable bonds is 3. The van der Waals surface area contributed by atoms with E-state index in [1.54, 1.807) is 16.8 Å². The Hall–Kier alpha value is -1.91. The number of fused-ring (bicyclic) bond motifs is 1. The molecule has 0 aliphatic heterocycles. The van der Waals surface area contributed by atoms with Crippen LogP contribution in [0.2, 0.25) is 0 Å². The zero-order valence-corrected chi connectivity index (χ0v) is 9.64. The predicted octanol–water partition coefficient (Wildman–Crippen LogP) is 2.38. The fourth-order valence-corrected chi connectivity index (χ4v) is 1.91. The number of aromatic nitrogens is 2. The number of hydrogen-bond acceptors (Lipinski definition) is 2. The first kappa shape index (κ1) is 11.6. The minimum atomic E-state index is -0.989. The maximum atomic E-state index is 13.7. The van der Waals surface area contributed by atoms with Crippen LogP contribution in [0.1, 0.15) is 25.6 Å². The molecule has 17 heavy (non-hydrogen) atoms. The Kier molecular flexibility index (Phi) is 2.83. The fourth-order valence-electron chi connectivity index (χ4n) is 1.91. The molecule has 0 atom stereocenters. The maximum absolute atomic E-state index is 13.7. The third-order valence-corrected chi connectivity index (χ3v) is 2.58. The number of carboxylic acids is 1. The van der Waals surface area contributed by atoms with Crippen LogP contribution in [0.4, 0.5) is 4.39 Å². The van der Waals surface area contributed by atoms with Crippen LogP contribution >= 0.6 is 0 Å². The van der Waals surface area contributed by atoms with Crippen molar-refractivity contribution in [3.63, 3.8) is 0 Å². The number of nitrogens with zero attached hydrogens (tertiary/aromatic N) is 2. The second kappa shape index (κ2) is 4.16. The van der Waals surface area contributed by atoms with Gasteiger partial charge >= 0.3 is 5.97 Å². The molecule has 2 aromatic rings. The average Bonchev–Trinajstić information content (AvgIpc) is 2.57. The van der Waals surface area contributed by atoms with Gasteiger partial charge in [0.1, 0.15) is 5.82 Å². The van der Waals surface area contributed by atoms with Gasteiger partial charge in [-0.05, 0) is 26.0 Å². The van der Waals surface area contributed by atoms with Crippen molar-refractivity contribution in [1.29, 1.82) is 0 Å². The zero-order valence-electron chi connectivity index (χ0n) is 9.64. The molecule has 0 radical (unpaired) electrons. The fraction of sp³-hybridized carbons (Fsp3) is 0.333. The molecule has 0 spiro atoms. The Morgan fingerprint density at radius 3 is 2.82 bits per heavy atom. The van der Waals surface area contributed by atoms with E-state index in [9.17, 15) is 9.18 Å². The molecule has 0 fully saturated rings. The van der Waals surface area contributed by atoms with Crippen molar-refractivity contribution in [3.05, 3.63) is 29.7 Å². The Balaban J connectivity index is 2.73. The lowest BCUT2D eigenvalue weighted by molar-refractivity contribution is -0.136. The van der Waals surface area contributed by atoms with Gasteiger partial charge in [0.25, 0.3) is 0 Å². The van der Waals surface area contributed by atoms with Gasteiger partial charge in [0.2, 0.25) is 0 Å². The van der Waals surface area contributed by atoms with Crippen LogP contribution in [0.15, 0.2) is 18.2 Å². The number of halogens is 1. The van der Waals surface area contributed by atoms with Gasteiger partial charge in [0.15, 0.2) is 0 Å². The first-order valence-electron chi connectivity index (χ1n) is 5.38. The van der Waals surface area contributed by atoms with Crippen LogP contribution in [0.5, 0.6) is 0 Å². The highest BCUT2D eigenvalue weighted by atomic mass is 19.1. The van der Waals surface area contributed by atoms with Gasteiger partial charge < -0.3 is 5.11 Å². The van der Waals surface area contributed by atoms with E-state index in [-0.39, 0.29) is 12.5 Å². The van der Waals surface area contributed by atoms with E-state index in [4.69, 9.17) is 5.11 Å². The molecule has 1 aromatic carbocycles. The maximum Gasteiger partial charge on any atom is 0.309 e. The molecule has 1 N–H and O–H groups in total. The van der Waals surface area contributed by atoms with Crippen molar-refractivity contribution < 1.29 is 14.3 Å². The second-order valence-electron chi connectivity index (χ2n) is 4.19. The van der Waals surface area contributed by atoms with Crippen LogP contribution in [0, 0.1) is 5.82 Å². The van der Waals surface area contributed by atoms with Crippen molar-refractivity contribution in [3.8, 4) is 0 Å². The van der Waals surface area contributed by atoms with Gasteiger partial charge in [-0.15, -0.1) is 0 Å². The highest BCUT2D eigenvalue weighted by Gasteiger charge is 2.18. The van der Waals surface area contributed by atoms with E-state index < -0.39 is 11.8 Å². The van der Waals surface area contributed by atoms with E-state index in [0.29, 0.717) is 16.6 Å². The van der Waals surface area contributed by atoms with E-state index in [1.807, 2.05) is 13.8 Å². The van der Waals surface area contributed by atoms with E-state index in [0.717, 1.165) is 0 Å². The SMILES string of the molecule is CC(C)n1nc2cccc(F)c2c1CC(=O)O. The molecular formula is C12H13FN2O2. The van der Waals surface area contributed by atoms with Gasteiger partial charge in [0, 0.05) is 6.04 Å². The smallest absolute Gasteiger partial charge is 0.309 e. The summed E-state index contributed by atoms with van der Waals surface area (Å²) in [6.45, 7) is 3.77. The normalized spacial score (nSPS) is 11.3. The lowest BCUT2D eigenvalue weighted by Crippen LogP contribution is -2.11. The molecule has 0 aliphatic carbocycles. The molecule has 1 heterocycles. The summed E-state index contributed by atoms with van der Waals surface area (Å²) in [6, 6.07) is 4.57. The number of carbonyl (C=O) groups is 1. The summed E-state index contributed by atoms with van der Waals surface area (Å²) in [5.74, 6) is -1.41. The van der Waals surface area contributed by atoms with Gasteiger partial charge in [0.05, 0.1) is 23.0 Å². The van der Waals surface area contributed by atoms with Crippen molar-refractivity contribution >= 4 is 16.9 Å². The van der Waals surface area contributed by atoms with Crippen LogP contribution in [-0.4, -0.2) is 20.9 Å². The quantitative estimate of drug-likeness (QED) is 0.890. The molecule has 90 valence electrons. The third kappa shape index (κ3) is 2.00. The standard InChI is InChI=1S/C12H13FN2O2/c1-7(2)15-10(6-11(16)17)12-8(13)4-3-5-9(12)14-15/h3-5,7H,6H2,1-2H3,(H,16,17). The zero-order chi connectivity index (χ0) is 12.6. The number of hydrogen-bond donors (Lipinski definition) is 1. The Morgan fingerprint density at radius 1 is 1.53 bits per heavy atom. The summed E-state index contributed by atoms with van der Waals surface area (Å²) in [6.07, 6.45) is -0.227. The van der Waals surface area contributed by atoms with Crippen molar-refractivity contribution in [1.82, 2.24) is 9.78 Å². The van der Waals surface area contributed by atoms with Crippen LogP contribution in [0.3, 0.4) is 0 Å². The second-order valence-corrected chi connectivity index (χ2v) is 4.19. The minimum Gasteiger partial charge on any atom is -0.481 e. The van der Waals surface area contributed by atoms with Crippen LogP contribution < -0.4 is 0 Å². The lowest BCUT2D eigenvalue weighted by Gasteiger charge is -2.09. The molecule has 0 saturated heterocycles. The molecule has 0 aliphatic rings. The molecule has 0 saturated carbocycles. The molecular weight excluding hydrogens is 223 g/mol. The van der Waals surface area contributed by atoms with Crippen molar-refractivity contribution in [2.24, 2.45) is 0 Å². The summed E-state index contributed by atoms with van der Waals surface area (Å²) in [7, 11) is 0. The summed E-state index contributed by atoms with van der Waals surface area (Å²) in [5, 5.41) is 13.4. The Bertz CT molecular complexity index is 575. The molecule has 0 bridgehead atoms. The molecule has 0 amide bonds. The van der Waals surface area contributed by atoms with Crippen molar-refractivity contribution in [2.75, 3.05) is 0 Å². The Labute approximate surface area is 97.7 Å². The number of carboxylic acid groups (broad SMARTS) is 1. The van der Waals surface area contributed by atoms with Gasteiger partial charge in [-0.2, -0.15) is 5.10 Å². The van der Waals surface area contributed by atoms with Gasteiger partial charge in [-0.25, -0.2) is 4.39 Å². The van der Waals surface area contributed by atoms with Gasteiger partial charge in [-0.1, -0.05) is 6.07 Å². The lowest BCUT2D eigenvalue weighted by atomic mass is 10.1. The highest BCUT2D eigenvalue weighted by Crippen LogP contribution is 2.24. The van der Waals surface area contributed by atoms with Crippen molar-refractivity contribution in [2.45, 2.75) is 26.3 Å². The third-order valence-electron chi connectivity index (χ3n) is 2.58. The van der Waals surface area contributed by atoms with Crippen LogP contribution in [-0.2, 0) is 11.2 Å². The van der Waals surface area contributed by atoms with Gasteiger partial charge in [-0.3, -0.25) is 9.48 Å². The largest absolute Gasteiger partial charge is 0.481 e. The summed E-state index contributed by atoms with van der Waals surface area (Å²) < 4.78 is 15.3. The monoisotopic (exact) mass is 236 g/mol. The summed E-state index contributed by atoms with van der Waals surface area (Å²) >= 11 is 0. The number of benzene rings is 1. The summed E-state index contributed by atoms with van der Waals surface area (Å²) in [4.78, 5) is 10.8. The topological polar surface area (TPSA) is 55.1 Å². The first-order valence-corrected chi connectivity index (χ1v) is 5.38.